The maximum absolute atomic E-state index is 11.1. The number of allylic oxidation sites excluding steroid dienone is 5. The van der Waals surface area contributed by atoms with Crippen LogP contribution in [0, 0.1) is 0 Å². The summed E-state index contributed by atoms with van der Waals surface area (Å²) in [5, 5.41) is 0. The molecule has 0 spiro atoms. The van der Waals surface area contributed by atoms with Crippen molar-refractivity contribution in [3.8, 4) is 0 Å². The summed E-state index contributed by atoms with van der Waals surface area (Å²) in [6.07, 6.45) is 11.2. The van der Waals surface area contributed by atoms with E-state index in [1.54, 1.807) is 5.57 Å². The lowest BCUT2D eigenvalue weighted by molar-refractivity contribution is -0.139. The Balaban J connectivity index is 1.97. The van der Waals surface area contributed by atoms with E-state index in [0.29, 0.717) is 6.42 Å². The molecule has 0 amide bonds. The van der Waals surface area contributed by atoms with Gasteiger partial charge in [-0.15, -0.1) is 0 Å². The standard InChI is InChI=1S/C13H16O2/c1-15-13(14)9-10-6-7-11-4-2-3-5-12(11)8-10/h2-3,6H,4-5,7-9H2,1H3. The third-order valence-corrected chi connectivity index (χ3v) is 3.07. The monoisotopic (exact) mass is 204 g/mol. The smallest absolute Gasteiger partial charge is 0.309 e. The molecule has 2 nitrogen and oxygen atoms in total. The summed E-state index contributed by atoms with van der Waals surface area (Å²) in [4.78, 5) is 11.1. The second kappa shape index (κ2) is 4.47. The van der Waals surface area contributed by atoms with Crippen molar-refractivity contribution in [3.05, 3.63) is 34.9 Å². The van der Waals surface area contributed by atoms with E-state index in [9.17, 15) is 4.79 Å². The molecular weight excluding hydrogens is 188 g/mol. The third kappa shape index (κ3) is 2.38. The van der Waals surface area contributed by atoms with Crippen LogP contribution in [-0.2, 0) is 9.53 Å². The Labute approximate surface area is 90.3 Å². The fraction of sp³-hybridized carbons (Fsp3) is 0.462. The van der Waals surface area contributed by atoms with Crippen LogP contribution in [0.4, 0.5) is 0 Å². The zero-order chi connectivity index (χ0) is 10.7. The zero-order valence-corrected chi connectivity index (χ0v) is 9.08. The molecule has 0 atom stereocenters. The highest BCUT2D eigenvalue weighted by molar-refractivity contribution is 5.72. The maximum atomic E-state index is 11.1. The van der Waals surface area contributed by atoms with Gasteiger partial charge in [0.15, 0.2) is 0 Å². The van der Waals surface area contributed by atoms with E-state index in [0.717, 1.165) is 25.7 Å². The Morgan fingerprint density at radius 1 is 1.27 bits per heavy atom. The van der Waals surface area contributed by atoms with Crippen molar-refractivity contribution >= 4 is 5.97 Å². The van der Waals surface area contributed by atoms with Crippen molar-refractivity contribution in [3.63, 3.8) is 0 Å². The molecule has 0 aliphatic heterocycles. The summed E-state index contributed by atoms with van der Waals surface area (Å²) in [5.74, 6) is -0.128. The quantitative estimate of drug-likeness (QED) is 0.510. The molecule has 0 saturated carbocycles. The predicted octanol–water partition coefficient (Wildman–Crippen LogP) is 2.92. The Bertz CT molecular complexity index is 359. The van der Waals surface area contributed by atoms with Crippen LogP contribution in [0.1, 0.15) is 32.1 Å². The number of esters is 1. The predicted molar refractivity (Wildman–Crippen MR) is 59.4 cm³/mol. The Hall–Kier alpha value is -1.31. The van der Waals surface area contributed by atoms with Crippen LogP contribution in [-0.4, -0.2) is 13.1 Å². The first-order valence-corrected chi connectivity index (χ1v) is 5.39. The molecule has 0 heterocycles. The molecule has 0 bridgehead atoms. The second-order valence-corrected chi connectivity index (χ2v) is 4.08. The molecule has 2 aliphatic rings. The molecule has 15 heavy (non-hydrogen) atoms. The van der Waals surface area contributed by atoms with Gasteiger partial charge in [0.2, 0.25) is 0 Å². The fourth-order valence-corrected chi connectivity index (χ4v) is 2.17. The average molecular weight is 204 g/mol. The number of ether oxygens (including phenoxy) is 1. The van der Waals surface area contributed by atoms with Gasteiger partial charge in [-0.2, -0.15) is 0 Å². The molecule has 0 aromatic rings. The van der Waals surface area contributed by atoms with Crippen LogP contribution >= 0.6 is 0 Å². The highest BCUT2D eigenvalue weighted by Gasteiger charge is 2.16. The molecule has 0 N–H and O–H groups in total. The summed E-state index contributed by atoms with van der Waals surface area (Å²) in [6, 6.07) is 0. The van der Waals surface area contributed by atoms with Gasteiger partial charge in [0.1, 0.15) is 0 Å². The van der Waals surface area contributed by atoms with Crippen molar-refractivity contribution in [2.75, 3.05) is 7.11 Å². The second-order valence-electron chi connectivity index (χ2n) is 4.08. The molecule has 0 aromatic carbocycles. The lowest BCUT2D eigenvalue weighted by atomic mass is 9.84. The number of hydrogen-bond acceptors (Lipinski definition) is 2. The topological polar surface area (TPSA) is 26.3 Å². The Morgan fingerprint density at radius 2 is 2.00 bits per heavy atom. The lowest BCUT2D eigenvalue weighted by Crippen LogP contribution is -2.07. The largest absolute Gasteiger partial charge is 0.469 e. The van der Waals surface area contributed by atoms with Crippen LogP contribution in [0.2, 0.25) is 0 Å². The summed E-state index contributed by atoms with van der Waals surface area (Å²) in [7, 11) is 1.44. The van der Waals surface area contributed by atoms with Gasteiger partial charge in [-0.1, -0.05) is 34.9 Å². The minimum atomic E-state index is -0.128. The summed E-state index contributed by atoms with van der Waals surface area (Å²) in [5.41, 5.74) is 4.28. The molecular formula is C13H16O2. The summed E-state index contributed by atoms with van der Waals surface area (Å²) in [6.45, 7) is 0. The number of carbonyl (C=O) groups excluding carboxylic acids is 1. The van der Waals surface area contributed by atoms with E-state index >= 15 is 0 Å². The maximum Gasteiger partial charge on any atom is 0.309 e. The van der Waals surface area contributed by atoms with Crippen molar-refractivity contribution in [2.45, 2.75) is 32.1 Å². The van der Waals surface area contributed by atoms with E-state index in [2.05, 4.69) is 23.0 Å². The van der Waals surface area contributed by atoms with E-state index in [-0.39, 0.29) is 5.97 Å². The molecule has 80 valence electrons. The van der Waals surface area contributed by atoms with E-state index < -0.39 is 0 Å². The molecule has 0 unspecified atom stereocenters. The van der Waals surface area contributed by atoms with Gasteiger partial charge in [-0.25, -0.2) is 0 Å². The molecule has 0 radical (unpaired) electrons. The lowest BCUT2D eigenvalue weighted by Gasteiger charge is -2.21. The van der Waals surface area contributed by atoms with Crippen molar-refractivity contribution in [2.24, 2.45) is 0 Å². The molecule has 0 fully saturated rings. The van der Waals surface area contributed by atoms with Crippen LogP contribution in [0.3, 0.4) is 0 Å². The molecule has 2 aliphatic carbocycles. The van der Waals surface area contributed by atoms with Crippen LogP contribution < -0.4 is 0 Å². The van der Waals surface area contributed by atoms with Crippen molar-refractivity contribution in [1.29, 1.82) is 0 Å². The van der Waals surface area contributed by atoms with E-state index in [1.807, 2.05) is 0 Å². The highest BCUT2D eigenvalue weighted by atomic mass is 16.5. The van der Waals surface area contributed by atoms with Gasteiger partial charge in [0.25, 0.3) is 0 Å². The minimum absolute atomic E-state index is 0.128. The molecule has 2 heteroatoms. The summed E-state index contributed by atoms with van der Waals surface area (Å²) < 4.78 is 4.68. The van der Waals surface area contributed by atoms with Gasteiger partial charge in [-0.3, -0.25) is 4.79 Å². The van der Waals surface area contributed by atoms with Gasteiger partial charge in [0.05, 0.1) is 13.5 Å². The average Bonchev–Trinajstić information content (AvgIpc) is 2.29. The molecule has 0 aromatic heterocycles. The van der Waals surface area contributed by atoms with Gasteiger partial charge < -0.3 is 4.74 Å². The van der Waals surface area contributed by atoms with Crippen LogP contribution in [0.25, 0.3) is 0 Å². The van der Waals surface area contributed by atoms with E-state index in [4.69, 9.17) is 0 Å². The van der Waals surface area contributed by atoms with Crippen molar-refractivity contribution in [1.82, 2.24) is 0 Å². The van der Waals surface area contributed by atoms with E-state index in [1.165, 1.54) is 18.3 Å². The third-order valence-electron chi connectivity index (χ3n) is 3.07. The van der Waals surface area contributed by atoms with Crippen molar-refractivity contribution < 1.29 is 9.53 Å². The molecule has 2 rings (SSSR count). The first-order chi connectivity index (χ1) is 7.29. The first-order valence-electron chi connectivity index (χ1n) is 5.39. The normalized spacial score (nSPS) is 19.7. The van der Waals surface area contributed by atoms with Crippen LogP contribution in [0.5, 0.6) is 0 Å². The van der Waals surface area contributed by atoms with Gasteiger partial charge in [-0.05, 0) is 25.7 Å². The minimum Gasteiger partial charge on any atom is -0.469 e. The van der Waals surface area contributed by atoms with Gasteiger partial charge >= 0.3 is 5.97 Å². The molecule has 0 saturated heterocycles. The number of carbonyl (C=O) groups is 1. The Morgan fingerprint density at radius 3 is 2.73 bits per heavy atom. The number of hydrogen-bond donors (Lipinski definition) is 0. The highest BCUT2D eigenvalue weighted by Crippen LogP contribution is 2.33. The first kappa shape index (κ1) is 10.2. The Kier molecular flexibility index (Phi) is 3.05. The van der Waals surface area contributed by atoms with Crippen LogP contribution in [0.15, 0.2) is 34.9 Å². The fourth-order valence-electron chi connectivity index (χ4n) is 2.17. The SMILES string of the molecule is COC(=O)CC1=CCC2=C(CC=CC2)C1. The summed E-state index contributed by atoms with van der Waals surface area (Å²) >= 11 is 0. The number of methoxy groups -OCH3 is 1. The van der Waals surface area contributed by atoms with Gasteiger partial charge in [0, 0.05) is 0 Å². The zero-order valence-electron chi connectivity index (χ0n) is 9.08. The number of rotatable bonds is 2.